The highest BCUT2D eigenvalue weighted by atomic mass is 16.5. The second-order valence-corrected chi connectivity index (χ2v) is 3.83. The summed E-state index contributed by atoms with van der Waals surface area (Å²) in [7, 11) is 0. The van der Waals surface area contributed by atoms with Crippen molar-refractivity contribution in [1.82, 2.24) is 5.06 Å². The number of hydrogen-bond donors (Lipinski definition) is 4. The van der Waals surface area contributed by atoms with Gasteiger partial charge in [0, 0.05) is 6.54 Å². The molecule has 6 N–H and O–H groups in total. The molecule has 0 bridgehead atoms. The van der Waals surface area contributed by atoms with Gasteiger partial charge in [-0.05, 0) is 6.42 Å². The van der Waals surface area contributed by atoms with Gasteiger partial charge in [0.2, 0.25) is 5.54 Å². The summed E-state index contributed by atoms with van der Waals surface area (Å²) in [5.41, 5.74) is 8.04. The quantitative estimate of drug-likeness (QED) is 0.391. The Hall–Kier alpha value is -1.35. The van der Waals surface area contributed by atoms with Crippen LogP contribution in [0.25, 0.3) is 0 Å². The van der Waals surface area contributed by atoms with Crippen LogP contribution in [-0.4, -0.2) is 58.1 Å². The second-order valence-electron chi connectivity index (χ2n) is 3.83. The van der Waals surface area contributed by atoms with Crippen molar-refractivity contribution in [3.05, 3.63) is 0 Å². The summed E-state index contributed by atoms with van der Waals surface area (Å²) in [5, 5.41) is 19.2. The third-order valence-electron chi connectivity index (χ3n) is 3.07. The fourth-order valence-electron chi connectivity index (χ4n) is 2.23. The zero-order valence-corrected chi connectivity index (χ0v) is 9.13. The molecule has 8 nitrogen and oxygen atoms in total. The van der Waals surface area contributed by atoms with E-state index in [1.165, 1.54) is 0 Å². The topological polar surface area (TPSA) is 147 Å². The number of rotatable bonds is 5. The minimum atomic E-state index is -2.29. The van der Waals surface area contributed by atoms with Gasteiger partial charge in [0.05, 0.1) is 19.0 Å². The number of carboxylic acids is 1. The molecule has 0 amide bonds. The van der Waals surface area contributed by atoms with Gasteiger partial charge in [0.25, 0.3) is 0 Å². The predicted octanol–water partition coefficient (Wildman–Crippen LogP) is -2.42. The maximum absolute atomic E-state index is 11.7. The number of hydrogen-bond acceptors (Lipinski definition) is 7. The van der Waals surface area contributed by atoms with Crippen LogP contribution in [0, 0.1) is 5.92 Å². The van der Waals surface area contributed by atoms with E-state index in [-0.39, 0.29) is 19.5 Å². The molecule has 96 valence electrons. The van der Waals surface area contributed by atoms with Crippen LogP contribution in [0.2, 0.25) is 0 Å². The highest BCUT2D eigenvalue weighted by Gasteiger charge is 2.61. The van der Waals surface area contributed by atoms with Gasteiger partial charge in [-0.1, -0.05) is 0 Å². The van der Waals surface area contributed by atoms with E-state index >= 15 is 0 Å². The molecule has 0 saturated carbocycles. The third kappa shape index (κ3) is 1.84. The van der Waals surface area contributed by atoms with Crippen molar-refractivity contribution in [2.24, 2.45) is 17.4 Å². The lowest BCUT2D eigenvalue weighted by Crippen LogP contribution is -2.62. The van der Waals surface area contributed by atoms with Crippen LogP contribution >= 0.6 is 0 Å². The van der Waals surface area contributed by atoms with E-state index in [2.05, 4.69) is 0 Å². The van der Waals surface area contributed by atoms with Crippen molar-refractivity contribution in [2.75, 3.05) is 19.6 Å². The molecule has 1 saturated heterocycles. The van der Waals surface area contributed by atoms with Crippen molar-refractivity contribution < 1.29 is 24.7 Å². The molecular weight excluding hydrogens is 230 g/mol. The first-order chi connectivity index (χ1) is 7.92. The van der Waals surface area contributed by atoms with Gasteiger partial charge in [0.1, 0.15) is 0 Å². The summed E-state index contributed by atoms with van der Waals surface area (Å²) < 4.78 is 0. The Morgan fingerprint density at radius 2 is 1.88 bits per heavy atom. The van der Waals surface area contributed by atoms with Crippen molar-refractivity contribution >= 4 is 17.5 Å². The molecule has 1 aliphatic rings. The van der Waals surface area contributed by atoms with Crippen LogP contribution in [-0.2, 0) is 14.4 Å². The number of carboxylic acid groups (broad SMARTS) is 1. The lowest BCUT2D eigenvalue weighted by Gasteiger charge is -2.32. The molecule has 1 aliphatic heterocycles. The van der Waals surface area contributed by atoms with E-state index in [1.54, 1.807) is 0 Å². The Morgan fingerprint density at radius 1 is 1.29 bits per heavy atom. The Morgan fingerprint density at radius 3 is 2.29 bits per heavy atom. The molecule has 0 aromatic heterocycles. The predicted molar refractivity (Wildman–Crippen MR) is 55.1 cm³/mol. The molecule has 17 heavy (non-hydrogen) atoms. The molecule has 2 unspecified atom stereocenters. The molecule has 0 spiro atoms. The Balaban J connectivity index is 3.27. The Bertz CT molecular complexity index is 359. The molecule has 0 radical (unpaired) electrons. The summed E-state index contributed by atoms with van der Waals surface area (Å²) in [4.78, 5) is 34.6. The van der Waals surface area contributed by atoms with Crippen LogP contribution in [0.3, 0.4) is 0 Å². The largest absolute Gasteiger partial charge is 0.479 e. The van der Waals surface area contributed by atoms with Crippen molar-refractivity contribution in [3.63, 3.8) is 0 Å². The zero-order chi connectivity index (χ0) is 13.2. The summed E-state index contributed by atoms with van der Waals surface area (Å²) in [6.45, 7) is -1.04. The van der Waals surface area contributed by atoms with Gasteiger partial charge in [0.15, 0.2) is 11.6 Å². The Labute approximate surface area is 97.1 Å². The minimum absolute atomic E-state index is 0.0601. The summed E-state index contributed by atoms with van der Waals surface area (Å²) in [6, 6.07) is 0. The molecule has 0 aromatic carbocycles. The maximum Gasteiger partial charge on any atom is 0.335 e. The molecule has 2 atom stereocenters. The summed E-state index contributed by atoms with van der Waals surface area (Å²) in [6.07, 6.45) is 0.0601. The number of Topliss-reactive ketones (excluding diaryl/α,β-unsaturated/α-hetero) is 2. The number of carbonyl (C=O) groups is 3. The van der Waals surface area contributed by atoms with E-state index in [0.29, 0.717) is 5.06 Å². The lowest BCUT2D eigenvalue weighted by atomic mass is 9.79. The average molecular weight is 245 g/mol. The fraction of sp³-hybridized carbons (Fsp3) is 0.667. The lowest BCUT2D eigenvalue weighted by molar-refractivity contribution is -0.193. The highest BCUT2D eigenvalue weighted by molar-refractivity contribution is 6.13. The van der Waals surface area contributed by atoms with Gasteiger partial charge >= 0.3 is 5.97 Å². The van der Waals surface area contributed by atoms with Crippen molar-refractivity contribution in [2.45, 2.75) is 12.0 Å². The first-order valence-corrected chi connectivity index (χ1v) is 5.09. The van der Waals surface area contributed by atoms with Crippen LogP contribution in [0.5, 0.6) is 0 Å². The van der Waals surface area contributed by atoms with Gasteiger partial charge in [-0.3, -0.25) is 9.59 Å². The molecular formula is C9H15N3O5. The van der Waals surface area contributed by atoms with Crippen molar-refractivity contribution in [3.8, 4) is 0 Å². The molecule has 8 heteroatoms. The van der Waals surface area contributed by atoms with E-state index in [1.807, 2.05) is 0 Å². The van der Waals surface area contributed by atoms with E-state index < -0.39 is 35.5 Å². The van der Waals surface area contributed by atoms with Gasteiger partial charge in [-0.25, -0.2) is 4.79 Å². The summed E-state index contributed by atoms with van der Waals surface area (Å²) in [5.74, 6) is -4.23. The smallest absolute Gasteiger partial charge is 0.335 e. The maximum atomic E-state index is 11.7. The number of carbonyl (C=O) groups excluding carboxylic acids is 2. The molecule has 0 aromatic rings. The van der Waals surface area contributed by atoms with Gasteiger partial charge in [-0.2, -0.15) is 5.06 Å². The van der Waals surface area contributed by atoms with Gasteiger partial charge < -0.3 is 21.8 Å². The van der Waals surface area contributed by atoms with Crippen LogP contribution in [0.15, 0.2) is 0 Å². The highest BCUT2D eigenvalue weighted by Crippen LogP contribution is 2.35. The van der Waals surface area contributed by atoms with Crippen molar-refractivity contribution in [1.29, 1.82) is 0 Å². The molecule has 0 aliphatic carbocycles. The number of nitrogens with two attached hydrogens (primary N) is 2. The van der Waals surface area contributed by atoms with Crippen LogP contribution in [0.4, 0.5) is 0 Å². The number of ketones is 2. The van der Waals surface area contributed by atoms with E-state index in [9.17, 15) is 24.7 Å². The average Bonchev–Trinajstić information content (AvgIpc) is 2.65. The SMILES string of the molecule is NCC(=O)C1CCN(O)C1(C(=O)O)C(=O)CN. The monoisotopic (exact) mass is 245 g/mol. The van der Waals surface area contributed by atoms with Gasteiger partial charge in [-0.15, -0.1) is 0 Å². The first-order valence-electron chi connectivity index (χ1n) is 5.09. The second kappa shape index (κ2) is 4.88. The number of nitrogens with zero attached hydrogens (tertiary/aromatic N) is 1. The third-order valence-corrected chi connectivity index (χ3v) is 3.07. The zero-order valence-electron chi connectivity index (χ0n) is 9.13. The van der Waals surface area contributed by atoms with Crippen LogP contribution in [0.1, 0.15) is 6.42 Å². The van der Waals surface area contributed by atoms with E-state index in [0.717, 1.165) is 0 Å². The minimum Gasteiger partial charge on any atom is -0.479 e. The number of hydroxylamine groups is 2. The summed E-state index contributed by atoms with van der Waals surface area (Å²) >= 11 is 0. The number of aliphatic carboxylic acids is 1. The van der Waals surface area contributed by atoms with Crippen LogP contribution < -0.4 is 11.5 Å². The van der Waals surface area contributed by atoms with E-state index in [4.69, 9.17) is 11.5 Å². The molecule has 1 rings (SSSR count). The first kappa shape index (κ1) is 13.7. The molecule has 1 fully saturated rings. The molecule has 1 heterocycles. The Kier molecular flexibility index (Phi) is 3.94. The normalized spacial score (nSPS) is 29.2. The standard InChI is InChI=1S/C9H15N3O5/c10-3-6(13)5-1-2-12(17)9(5,8(15)16)7(14)4-11/h5,17H,1-4,10-11H2,(H,15,16). The fourth-order valence-corrected chi connectivity index (χ4v) is 2.23.